The summed E-state index contributed by atoms with van der Waals surface area (Å²) in [6, 6.07) is 10.1. The van der Waals surface area contributed by atoms with Gasteiger partial charge in [-0.2, -0.15) is 5.26 Å². The van der Waals surface area contributed by atoms with Gasteiger partial charge in [-0.3, -0.25) is 0 Å². The maximum Gasteiger partial charge on any atom is 0.114 e. The highest BCUT2D eigenvalue weighted by Gasteiger charge is 2.07. The van der Waals surface area contributed by atoms with E-state index in [0.29, 0.717) is 5.57 Å². The molecule has 1 rings (SSSR count). The van der Waals surface area contributed by atoms with Crippen LogP contribution in [-0.4, -0.2) is 7.11 Å². The van der Waals surface area contributed by atoms with Crippen molar-refractivity contribution in [3.8, 4) is 6.07 Å². The van der Waals surface area contributed by atoms with Crippen LogP contribution in [0, 0.1) is 18.3 Å². The minimum Gasteiger partial charge on any atom is -0.500 e. The molecular formula is C13H15NO. The molecule has 0 spiro atoms. The molecule has 1 aromatic carbocycles. The van der Waals surface area contributed by atoms with Crippen molar-refractivity contribution in [1.29, 1.82) is 5.26 Å². The van der Waals surface area contributed by atoms with Crippen molar-refractivity contribution in [2.45, 2.75) is 20.3 Å². The third-order valence-electron chi connectivity index (χ3n) is 2.30. The predicted octanol–water partition coefficient (Wildman–Crippen LogP) is 3.29. The van der Waals surface area contributed by atoms with E-state index >= 15 is 0 Å². The highest BCUT2D eigenvalue weighted by molar-refractivity contribution is 5.78. The van der Waals surface area contributed by atoms with Gasteiger partial charge in [0.2, 0.25) is 0 Å². The molecule has 0 fully saturated rings. The van der Waals surface area contributed by atoms with Crippen LogP contribution >= 0.6 is 0 Å². The van der Waals surface area contributed by atoms with Crippen molar-refractivity contribution < 1.29 is 4.74 Å². The summed E-state index contributed by atoms with van der Waals surface area (Å²) in [5.41, 5.74) is 2.73. The summed E-state index contributed by atoms with van der Waals surface area (Å²) in [5.74, 6) is 0.737. The smallest absolute Gasteiger partial charge is 0.114 e. The first kappa shape index (κ1) is 11.3. The Labute approximate surface area is 90.8 Å². The number of nitriles is 1. The van der Waals surface area contributed by atoms with Crippen LogP contribution in [0.5, 0.6) is 0 Å². The first-order valence-electron chi connectivity index (χ1n) is 4.97. The van der Waals surface area contributed by atoms with Gasteiger partial charge in [-0.05, 0) is 12.5 Å². The van der Waals surface area contributed by atoms with Gasteiger partial charge in [0.05, 0.1) is 12.7 Å². The summed E-state index contributed by atoms with van der Waals surface area (Å²) in [6.07, 6.45) is 0.729. The molecule has 0 heterocycles. The van der Waals surface area contributed by atoms with Crippen LogP contribution in [0.4, 0.5) is 0 Å². The number of rotatable bonds is 3. The normalized spacial score (nSPS) is 11.6. The first-order chi connectivity index (χ1) is 7.22. The van der Waals surface area contributed by atoms with E-state index < -0.39 is 0 Å². The number of ether oxygens (including phenoxy) is 1. The van der Waals surface area contributed by atoms with Crippen LogP contribution in [0.15, 0.2) is 30.0 Å². The molecular weight excluding hydrogens is 186 g/mol. The minimum atomic E-state index is 0.625. The predicted molar refractivity (Wildman–Crippen MR) is 61.0 cm³/mol. The lowest BCUT2D eigenvalue weighted by Gasteiger charge is -2.07. The van der Waals surface area contributed by atoms with Crippen molar-refractivity contribution in [2.75, 3.05) is 7.11 Å². The van der Waals surface area contributed by atoms with Gasteiger partial charge < -0.3 is 4.74 Å². The number of hydrogen-bond acceptors (Lipinski definition) is 2. The molecule has 0 saturated carbocycles. The molecule has 2 nitrogen and oxygen atoms in total. The monoisotopic (exact) mass is 201 g/mol. The number of methoxy groups -OCH3 is 1. The Bertz CT molecular complexity index is 390. The highest BCUT2D eigenvalue weighted by atomic mass is 16.5. The largest absolute Gasteiger partial charge is 0.500 e. The molecule has 0 saturated heterocycles. The number of benzene rings is 1. The summed E-state index contributed by atoms with van der Waals surface area (Å²) in [7, 11) is 1.60. The fourth-order valence-electron chi connectivity index (χ4n) is 1.43. The molecule has 0 bridgehead atoms. The Kier molecular flexibility index (Phi) is 3.93. The zero-order valence-corrected chi connectivity index (χ0v) is 9.37. The van der Waals surface area contributed by atoms with E-state index in [4.69, 9.17) is 10.00 Å². The molecule has 1 aromatic rings. The summed E-state index contributed by atoms with van der Waals surface area (Å²) in [5, 5.41) is 9.09. The molecule has 0 aliphatic heterocycles. The lowest BCUT2D eigenvalue weighted by Crippen LogP contribution is -1.92. The van der Waals surface area contributed by atoms with Gasteiger partial charge in [0.15, 0.2) is 0 Å². The maximum absolute atomic E-state index is 9.09. The third kappa shape index (κ3) is 2.60. The van der Waals surface area contributed by atoms with Crippen LogP contribution in [0.2, 0.25) is 0 Å². The molecule has 0 amide bonds. The van der Waals surface area contributed by atoms with E-state index in [2.05, 4.69) is 6.07 Å². The molecule has 2 heteroatoms. The maximum atomic E-state index is 9.09. The fourth-order valence-corrected chi connectivity index (χ4v) is 1.43. The Morgan fingerprint density at radius 2 is 1.93 bits per heavy atom. The van der Waals surface area contributed by atoms with Gasteiger partial charge in [0.25, 0.3) is 0 Å². The number of nitrogens with zero attached hydrogens (tertiary/aromatic N) is 1. The molecule has 0 radical (unpaired) electrons. The van der Waals surface area contributed by atoms with Gasteiger partial charge in [-0.15, -0.1) is 0 Å². The van der Waals surface area contributed by atoms with Gasteiger partial charge in [0, 0.05) is 6.42 Å². The van der Waals surface area contributed by atoms with Crippen LogP contribution in [0.3, 0.4) is 0 Å². The standard InChI is InChI=1S/C13H15NO/c1-4-13(15-3)12(9-14)11-7-5-10(2)6-8-11/h5-8H,4H2,1-3H3/b13-12-. The topological polar surface area (TPSA) is 33.0 Å². The molecule has 78 valence electrons. The van der Waals surface area contributed by atoms with E-state index in [1.165, 1.54) is 5.56 Å². The van der Waals surface area contributed by atoms with Crippen molar-refractivity contribution in [2.24, 2.45) is 0 Å². The number of hydrogen-bond donors (Lipinski definition) is 0. The van der Waals surface area contributed by atoms with E-state index in [1.54, 1.807) is 7.11 Å². The van der Waals surface area contributed by atoms with Crippen molar-refractivity contribution in [3.05, 3.63) is 41.2 Å². The van der Waals surface area contributed by atoms with E-state index in [9.17, 15) is 0 Å². The van der Waals surface area contributed by atoms with Gasteiger partial charge in [-0.25, -0.2) is 0 Å². The Balaban J connectivity index is 3.19. The highest BCUT2D eigenvalue weighted by Crippen LogP contribution is 2.20. The van der Waals surface area contributed by atoms with E-state index in [-0.39, 0.29) is 0 Å². The molecule has 0 aliphatic rings. The lowest BCUT2D eigenvalue weighted by molar-refractivity contribution is 0.283. The summed E-state index contributed by atoms with van der Waals surface area (Å²) in [4.78, 5) is 0. The zero-order chi connectivity index (χ0) is 11.3. The fraction of sp³-hybridized carbons (Fsp3) is 0.308. The zero-order valence-electron chi connectivity index (χ0n) is 9.37. The van der Waals surface area contributed by atoms with Crippen molar-refractivity contribution in [1.82, 2.24) is 0 Å². The summed E-state index contributed by atoms with van der Waals surface area (Å²) < 4.78 is 5.19. The number of allylic oxidation sites excluding steroid dienone is 2. The lowest BCUT2D eigenvalue weighted by atomic mass is 10.0. The Morgan fingerprint density at radius 1 is 1.33 bits per heavy atom. The molecule has 0 aromatic heterocycles. The minimum absolute atomic E-state index is 0.625. The quantitative estimate of drug-likeness (QED) is 0.555. The van der Waals surface area contributed by atoms with E-state index in [1.807, 2.05) is 38.1 Å². The second-order valence-corrected chi connectivity index (χ2v) is 3.33. The second-order valence-electron chi connectivity index (χ2n) is 3.33. The van der Waals surface area contributed by atoms with Gasteiger partial charge >= 0.3 is 0 Å². The molecule has 0 unspecified atom stereocenters. The van der Waals surface area contributed by atoms with Crippen LogP contribution < -0.4 is 0 Å². The summed E-state index contributed by atoms with van der Waals surface area (Å²) in [6.45, 7) is 4.00. The first-order valence-corrected chi connectivity index (χ1v) is 4.97. The van der Waals surface area contributed by atoms with Crippen molar-refractivity contribution >= 4 is 5.57 Å². The number of aryl methyl sites for hydroxylation is 1. The third-order valence-corrected chi connectivity index (χ3v) is 2.30. The van der Waals surface area contributed by atoms with E-state index in [0.717, 1.165) is 17.7 Å². The Hall–Kier alpha value is -1.75. The van der Waals surface area contributed by atoms with Crippen LogP contribution in [0.25, 0.3) is 5.57 Å². The van der Waals surface area contributed by atoms with Crippen LogP contribution in [-0.2, 0) is 4.74 Å². The molecule has 0 aliphatic carbocycles. The molecule has 0 atom stereocenters. The average Bonchev–Trinajstić information content (AvgIpc) is 2.27. The summed E-state index contributed by atoms with van der Waals surface area (Å²) >= 11 is 0. The van der Waals surface area contributed by atoms with Gasteiger partial charge in [0.1, 0.15) is 11.8 Å². The van der Waals surface area contributed by atoms with Crippen molar-refractivity contribution in [3.63, 3.8) is 0 Å². The second kappa shape index (κ2) is 5.21. The molecule has 0 N–H and O–H groups in total. The molecule has 15 heavy (non-hydrogen) atoms. The SMILES string of the molecule is CC/C(OC)=C(\C#N)c1ccc(C)cc1. The average molecular weight is 201 g/mol. The van der Waals surface area contributed by atoms with Gasteiger partial charge in [-0.1, -0.05) is 36.8 Å². The van der Waals surface area contributed by atoms with Crippen LogP contribution in [0.1, 0.15) is 24.5 Å². The Morgan fingerprint density at radius 3 is 2.33 bits per heavy atom.